The Morgan fingerprint density at radius 2 is 1.89 bits per heavy atom. The van der Waals surface area contributed by atoms with Crippen LogP contribution in [0.5, 0.6) is 0 Å². The topological polar surface area (TPSA) is 59.0 Å². The molecule has 0 aromatic rings. The number of methoxy groups -OCH3 is 2. The van der Waals surface area contributed by atoms with Crippen molar-refractivity contribution >= 4 is 5.97 Å². The zero-order chi connectivity index (χ0) is 14.9. The Hall–Kier alpha value is -0.650. The summed E-state index contributed by atoms with van der Waals surface area (Å²) >= 11 is 0. The SMILES string of the molecule is COCCN(CCCC(C)(C)C(=O)O)C(C)COC. The van der Waals surface area contributed by atoms with E-state index in [2.05, 4.69) is 11.8 Å². The fourth-order valence-electron chi connectivity index (χ4n) is 1.94. The Labute approximate surface area is 116 Å². The molecule has 0 aliphatic heterocycles. The second kappa shape index (κ2) is 9.28. The molecule has 0 bridgehead atoms. The highest BCUT2D eigenvalue weighted by atomic mass is 16.5. The maximum absolute atomic E-state index is 11.1. The van der Waals surface area contributed by atoms with Crippen LogP contribution in [0.2, 0.25) is 0 Å². The number of aliphatic carboxylic acids is 1. The lowest BCUT2D eigenvalue weighted by Crippen LogP contribution is -2.39. The highest BCUT2D eigenvalue weighted by Crippen LogP contribution is 2.22. The normalized spacial score (nSPS) is 13.8. The van der Waals surface area contributed by atoms with Gasteiger partial charge in [0.2, 0.25) is 0 Å². The maximum atomic E-state index is 11.1. The fourth-order valence-corrected chi connectivity index (χ4v) is 1.94. The molecule has 1 unspecified atom stereocenters. The average molecular weight is 275 g/mol. The van der Waals surface area contributed by atoms with Gasteiger partial charge in [0.05, 0.1) is 18.6 Å². The average Bonchev–Trinajstić information content (AvgIpc) is 2.33. The van der Waals surface area contributed by atoms with Gasteiger partial charge in [-0.15, -0.1) is 0 Å². The Balaban J connectivity index is 4.21. The van der Waals surface area contributed by atoms with E-state index >= 15 is 0 Å². The molecule has 0 amide bonds. The Bertz CT molecular complexity index is 256. The molecule has 0 spiro atoms. The molecule has 0 aromatic heterocycles. The molecule has 0 aliphatic carbocycles. The number of hydrogen-bond acceptors (Lipinski definition) is 4. The molecule has 0 aliphatic rings. The standard InChI is InChI=1S/C14H29NO4/c1-12(11-19-5)15(9-10-18-4)8-6-7-14(2,3)13(16)17/h12H,6-11H2,1-5H3,(H,16,17). The lowest BCUT2D eigenvalue weighted by atomic mass is 9.88. The van der Waals surface area contributed by atoms with Gasteiger partial charge in [-0.3, -0.25) is 9.69 Å². The Morgan fingerprint density at radius 1 is 1.26 bits per heavy atom. The molecule has 1 N–H and O–H groups in total. The van der Waals surface area contributed by atoms with E-state index in [1.54, 1.807) is 28.1 Å². The number of rotatable bonds is 11. The second-order valence-electron chi connectivity index (χ2n) is 5.63. The van der Waals surface area contributed by atoms with Crippen molar-refractivity contribution in [1.82, 2.24) is 4.90 Å². The van der Waals surface area contributed by atoms with Crippen LogP contribution in [0.25, 0.3) is 0 Å². The van der Waals surface area contributed by atoms with Gasteiger partial charge >= 0.3 is 5.97 Å². The molecule has 1 atom stereocenters. The summed E-state index contributed by atoms with van der Waals surface area (Å²) in [6.45, 7) is 8.71. The van der Waals surface area contributed by atoms with Gasteiger partial charge in [0.25, 0.3) is 0 Å². The van der Waals surface area contributed by atoms with E-state index in [0.29, 0.717) is 25.7 Å². The molecule has 5 heteroatoms. The highest BCUT2D eigenvalue weighted by molar-refractivity contribution is 5.73. The Morgan fingerprint density at radius 3 is 2.37 bits per heavy atom. The summed E-state index contributed by atoms with van der Waals surface area (Å²) in [5.41, 5.74) is -0.655. The molecule has 0 saturated heterocycles. The number of carboxylic acid groups (broad SMARTS) is 1. The Kier molecular flexibility index (Phi) is 8.97. The minimum atomic E-state index is -0.735. The molecule has 0 radical (unpaired) electrons. The van der Waals surface area contributed by atoms with Crippen LogP contribution < -0.4 is 0 Å². The minimum absolute atomic E-state index is 0.313. The second-order valence-corrected chi connectivity index (χ2v) is 5.63. The molecular formula is C14H29NO4. The largest absolute Gasteiger partial charge is 0.481 e. The van der Waals surface area contributed by atoms with Crippen LogP contribution in [0.1, 0.15) is 33.6 Å². The monoisotopic (exact) mass is 275 g/mol. The lowest BCUT2D eigenvalue weighted by molar-refractivity contribution is -0.147. The summed E-state index contributed by atoms with van der Waals surface area (Å²) in [5.74, 6) is -0.735. The van der Waals surface area contributed by atoms with Gasteiger partial charge in [-0.25, -0.2) is 0 Å². The van der Waals surface area contributed by atoms with Crippen molar-refractivity contribution in [3.8, 4) is 0 Å². The van der Waals surface area contributed by atoms with Gasteiger partial charge in [0.1, 0.15) is 0 Å². The molecule has 5 nitrogen and oxygen atoms in total. The summed E-state index contributed by atoms with van der Waals surface area (Å²) in [7, 11) is 3.38. The zero-order valence-corrected chi connectivity index (χ0v) is 12.9. The van der Waals surface area contributed by atoms with Crippen LogP contribution in [0.4, 0.5) is 0 Å². The van der Waals surface area contributed by atoms with Gasteiger partial charge in [0, 0.05) is 26.8 Å². The molecule has 0 fully saturated rings. The van der Waals surface area contributed by atoms with Crippen molar-refractivity contribution in [2.24, 2.45) is 5.41 Å². The van der Waals surface area contributed by atoms with E-state index in [4.69, 9.17) is 14.6 Å². The van der Waals surface area contributed by atoms with Crippen molar-refractivity contribution in [3.05, 3.63) is 0 Å². The van der Waals surface area contributed by atoms with Crippen molar-refractivity contribution in [3.63, 3.8) is 0 Å². The molecule has 114 valence electrons. The summed E-state index contributed by atoms with van der Waals surface area (Å²) in [6, 6.07) is 0.313. The molecule has 19 heavy (non-hydrogen) atoms. The number of carbonyl (C=O) groups is 1. The van der Waals surface area contributed by atoms with Crippen molar-refractivity contribution < 1.29 is 19.4 Å². The fraction of sp³-hybridized carbons (Fsp3) is 0.929. The predicted molar refractivity (Wildman–Crippen MR) is 75.4 cm³/mol. The first-order valence-electron chi connectivity index (χ1n) is 6.80. The van der Waals surface area contributed by atoms with Crippen LogP contribution in [0.15, 0.2) is 0 Å². The van der Waals surface area contributed by atoms with E-state index in [9.17, 15) is 4.79 Å². The first-order valence-corrected chi connectivity index (χ1v) is 6.80. The molecule has 0 rings (SSSR count). The van der Waals surface area contributed by atoms with Gasteiger partial charge in [-0.05, 0) is 40.2 Å². The lowest BCUT2D eigenvalue weighted by Gasteiger charge is -2.29. The first kappa shape index (κ1) is 18.4. The van der Waals surface area contributed by atoms with E-state index in [1.165, 1.54) is 0 Å². The number of ether oxygens (including phenoxy) is 2. The summed E-state index contributed by atoms with van der Waals surface area (Å²) in [5, 5.41) is 9.09. The third-order valence-electron chi connectivity index (χ3n) is 3.44. The van der Waals surface area contributed by atoms with E-state index < -0.39 is 11.4 Å². The summed E-state index contributed by atoms with van der Waals surface area (Å²) in [6.07, 6.45) is 1.53. The smallest absolute Gasteiger partial charge is 0.309 e. The van der Waals surface area contributed by atoms with Crippen molar-refractivity contribution in [1.29, 1.82) is 0 Å². The van der Waals surface area contributed by atoms with Crippen LogP contribution in [-0.2, 0) is 14.3 Å². The van der Waals surface area contributed by atoms with Crippen LogP contribution in [0, 0.1) is 5.41 Å². The maximum Gasteiger partial charge on any atom is 0.309 e. The summed E-state index contributed by atoms with van der Waals surface area (Å²) in [4.78, 5) is 13.3. The van der Waals surface area contributed by atoms with E-state index in [1.807, 2.05) is 0 Å². The zero-order valence-electron chi connectivity index (χ0n) is 12.9. The van der Waals surface area contributed by atoms with Crippen molar-refractivity contribution in [2.45, 2.75) is 39.7 Å². The predicted octanol–water partition coefficient (Wildman–Crippen LogP) is 1.86. The van der Waals surface area contributed by atoms with Gasteiger partial charge in [-0.2, -0.15) is 0 Å². The van der Waals surface area contributed by atoms with Crippen LogP contribution >= 0.6 is 0 Å². The number of carboxylic acids is 1. The highest BCUT2D eigenvalue weighted by Gasteiger charge is 2.26. The molecular weight excluding hydrogens is 246 g/mol. The minimum Gasteiger partial charge on any atom is -0.481 e. The van der Waals surface area contributed by atoms with E-state index in [-0.39, 0.29) is 0 Å². The van der Waals surface area contributed by atoms with Gasteiger partial charge in [0.15, 0.2) is 0 Å². The quantitative estimate of drug-likeness (QED) is 0.623. The third-order valence-corrected chi connectivity index (χ3v) is 3.44. The van der Waals surface area contributed by atoms with Gasteiger partial charge in [-0.1, -0.05) is 0 Å². The third kappa shape index (κ3) is 7.50. The van der Waals surface area contributed by atoms with Crippen molar-refractivity contribution in [2.75, 3.05) is 40.5 Å². The summed E-state index contributed by atoms with van der Waals surface area (Å²) < 4.78 is 10.3. The molecule has 0 aromatic carbocycles. The van der Waals surface area contributed by atoms with Gasteiger partial charge < -0.3 is 14.6 Å². The first-order chi connectivity index (χ1) is 8.85. The number of hydrogen-bond donors (Lipinski definition) is 1. The van der Waals surface area contributed by atoms with Crippen LogP contribution in [-0.4, -0.2) is 62.5 Å². The van der Waals surface area contributed by atoms with E-state index in [0.717, 1.165) is 19.5 Å². The van der Waals surface area contributed by atoms with Crippen LogP contribution in [0.3, 0.4) is 0 Å². The molecule has 0 saturated carbocycles. The molecule has 0 heterocycles. The number of nitrogens with zero attached hydrogens (tertiary/aromatic N) is 1.